The summed E-state index contributed by atoms with van der Waals surface area (Å²) in [6, 6.07) is 17.6. The van der Waals surface area contributed by atoms with Crippen molar-refractivity contribution in [3.05, 3.63) is 70.8 Å². The Balaban J connectivity index is 1.87. The van der Waals surface area contributed by atoms with Crippen LogP contribution in [0.2, 0.25) is 0 Å². The van der Waals surface area contributed by atoms with E-state index in [9.17, 15) is 4.79 Å². The van der Waals surface area contributed by atoms with Gasteiger partial charge >= 0.3 is 0 Å². The first-order valence-corrected chi connectivity index (χ1v) is 7.24. The van der Waals surface area contributed by atoms with E-state index in [1.807, 2.05) is 0 Å². The maximum atomic E-state index is 11.4. The molecule has 0 atom stereocenters. The molecule has 0 saturated carbocycles. The van der Waals surface area contributed by atoms with Gasteiger partial charge in [0.1, 0.15) is 0 Å². The molecule has 100 valence electrons. The lowest BCUT2D eigenvalue weighted by atomic mass is 9.91. The Morgan fingerprint density at radius 2 is 1.30 bits per heavy atom. The van der Waals surface area contributed by atoms with E-state index < -0.39 is 0 Å². The molecular formula is C18H17NO. The molecule has 0 radical (unpaired) electrons. The minimum atomic E-state index is 0.252. The number of benzene rings is 2. The summed E-state index contributed by atoms with van der Waals surface area (Å²) in [5.41, 5.74) is 5.61. The van der Waals surface area contributed by atoms with E-state index in [1.54, 1.807) is 0 Å². The lowest BCUT2D eigenvalue weighted by molar-refractivity contribution is -0.130. The highest BCUT2D eigenvalue weighted by atomic mass is 16.1. The molecule has 1 saturated heterocycles. The van der Waals surface area contributed by atoms with E-state index in [-0.39, 0.29) is 6.04 Å². The number of hydrogen-bond acceptors (Lipinski definition) is 2. The van der Waals surface area contributed by atoms with Crippen molar-refractivity contribution in [2.45, 2.75) is 18.9 Å². The molecule has 2 aliphatic rings. The van der Waals surface area contributed by atoms with Crippen molar-refractivity contribution in [1.29, 1.82) is 0 Å². The van der Waals surface area contributed by atoms with E-state index in [4.69, 9.17) is 0 Å². The maximum absolute atomic E-state index is 11.4. The highest BCUT2D eigenvalue weighted by Gasteiger charge is 2.35. The number of carbonyl (C=O) groups is 1. The molecule has 2 aromatic rings. The molecule has 1 fully saturated rings. The number of rotatable bonds is 1. The number of carbonyl (C=O) groups excluding carboxylic acids is 1. The molecule has 4 rings (SSSR count). The second-order valence-electron chi connectivity index (χ2n) is 5.74. The van der Waals surface area contributed by atoms with Gasteiger partial charge in [-0.2, -0.15) is 0 Å². The molecule has 2 nitrogen and oxygen atoms in total. The van der Waals surface area contributed by atoms with Crippen molar-refractivity contribution in [3.8, 4) is 0 Å². The Labute approximate surface area is 119 Å². The van der Waals surface area contributed by atoms with Gasteiger partial charge in [-0.15, -0.1) is 0 Å². The highest BCUT2D eigenvalue weighted by Crippen LogP contribution is 2.38. The van der Waals surface area contributed by atoms with Gasteiger partial charge in [0.05, 0.1) is 19.1 Å². The lowest BCUT2D eigenvalue weighted by Crippen LogP contribution is -2.49. The largest absolute Gasteiger partial charge is 0.297 e. The monoisotopic (exact) mass is 263 g/mol. The summed E-state index contributed by atoms with van der Waals surface area (Å²) in [6.07, 6.45) is 2.18. The summed E-state index contributed by atoms with van der Waals surface area (Å²) in [7, 11) is 0. The summed E-state index contributed by atoms with van der Waals surface area (Å²) in [5, 5.41) is 0. The second-order valence-corrected chi connectivity index (χ2v) is 5.74. The van der Waals surface area contributed by atoms with E-state index in [1.165, 1.54) is 22.3 Å². The van der Waals surface area contributed by atoms with Gasteiger partial charge in [-0.25, -0.2) is 0 Å². The van der Waals surface area contributed by atoms with Crippen LogP contribution in [-0.4, -0.2) is 23.8 Å². The van der Waals surface area contributed by atoms with E-state index in [0.29, 0.717) is 18.9 Å². The number of Topliss-reactive ketones (excluding diaryl/α,β-unsaturated/α-hetero) is 1. The molecule has 0 spiro atoms. The third-order valence-electron chi connectivity index (χ3n) is 4.49. The van der Waals surface area contributed by atoms with Crippen molar-refractivity contribution in [2.24, 2.45) is 0 Å². The minimum Gasteiger partial charge on any atom is -0.297 e. The molecule has 0 unspecified atom stereocenters. The number of likely N-dealkylation sites (tertiary alicyclic amines) is 1. The second kappa shape index (κ2) is 4.57. The first-order chi connectivity index (χ1) is 9.83. The van der Waals surface area contributed by atoms with Crippen LogP contribution in [0.3, 0.4) is 0 Å². The number of ketones is 1. The van der Waals surface area contributed by atoms with Crippen molar-refractivity contribution in [1.82, 2.24) is 4.90 Å². The molecule has 0 aromatic heterocycles. The smallest absolute Gasteiger partial charge is 0.160 e. The van der Waals surface area contributed by atoms with Crippen LogP contribution in [0.1, 0.15) is 28.3 Å². The zero-order valence-corrected chi connectivity index (χ0v) is 11.4. The van der Waals surface area contributed by atoms with Crippen LogP contribution in [-0.2, 0) is 17.6 Å². The highest BCUT2D eigenvalue weighted by molar-refractivity contribution is 5.88. The average molecular weight is 263 g/mol. The van der Waals surface area contributed by atoms with Crippen LogP contribution in [0, 0.1) is 0 Å². The number of nitrogens with zero attached hydrogens (tertiary/aromatic N) is 1. The number of aryl methyl sites for hydroxylation is 2. The average Bonchev–Trinajstić information content (AvgIpc) is 2.61. The van der Waals surface area contributed by atoms with Gasteiger partial charge in [0.2, 0.25) is 0 Å². The zero-order chi connectivity index (χ0) is 13.5. The van der Waals surface area contributed by atoms with Gasteiger partial charge in [-0.05, 0) is 35.1 Å². The van der Waals surface area contributed by atoms with Crippen LogP contribution in [0.25, 0.3) is 0 Å². The zero-order valence-electron chi connectivity index (χ0n) is 11.4. The summed E-state index contributed by atoms with van der Waals surface area (Å²) in [5.74, 6) is 0.351. The third-order valence-corrected chi connectivity index (χ3v) is 4.49. The molecule has 2 aromatic carbocycles. The lowest BCUT2D eigenvalue weighted by Gasteiger charge is -2.38. The molecule has 20 heavy (non-hydrogen) atoms. The van der Waals surface area contributed by atoms with Gasteiger partial charge in [0.15, 0.2) is 5.78 Å². The van der Waals surface area contributed by atoms with Gasteiger partial charge in [0, 0.05) is 0 Å². The van der Waals surface area contributed by atoms with Crippen molar-refractivity contribution in [2.75, 3.05) is 13.1 Å². The standard InChI is InChI=1S/C18H17NO/c20-15-11-19(12-15)18-16-7-3-1-5-13(16)9-10-14-6-2-4-8-17(14)18/h1-8,18H,9-12H2. The summed E-state index contributed by atoms with van der Waals surface area (Å²) in [6.45, 7) is 1.18. The summed E-state index contributed by atoms with van der Waals surface area (Å²) in [4.78, 5) is 13.7. The van der Waals surface area contributed by atoms with Gasteiger partial charge in [-0.1, -0.05) is 48.5 Å². The Bertz CT molecular complexity index is 621. The quantitative estimate of drug-likeness (QED) is 0.788. The van der Waals surface area contributed by atoms with E-state index in [2.05, 4.69) is 53.4 Å². The predicted molar refractivity (Wildman–Crippen MR) is 78.7 cm³/mol. The molecule has 2 heteroatoms. The van der Waals surface area contributed by atoms with Gasteiger partial charge < -0.3 is 0 Å². The fourth-order valence-corrected chi connectivity index (χ4v) is 3.48. The third kappa shape index (κ3) is 1.80. The predicted octanol–water partition coefficient (Wildman–Crippen LogP) is 2.76. The molecule has 1 aliphatic carbocycles. The first kappa shape index (κ1) is 11.9. The van der Waals surface area contributed by atoms with E-state index in [0.717, 1.165) is 12.8 Å². The number of hydrogen-bond donors (Lipinski definition) is 0. The van der Waals surface area contributed by atoms with Crippen LogP contribution in [0.15, 0.2) is 48.5 Å². The fourth-order valence-electron chi connectivity index (χ4n) is 3.48. The van der Waals surface area contributed by atoms with Gasteiger partial charge in [-0.3, -0.25) is 9.69 Å². The normalized spacial score (nSPS) is 18.9. The Morgan fingerprint density at radius 3 is 1.80 bits per heavy atom. The number of fused-ring (bicyclic) bond motifs is 2. The summed E-state index contributed by atoms with van der Waals surface area (Å²) < 4.78 is 0. The first-order valence-electron chi connectivity index (χ1n) is 7.24. The SMILES string of the molecule is O=C1CN(C2c3ccccc3CCc3ccccc32)C1. The molecule has 1 aliphatic heterocycles. The topological polar surface area (TPSA) is 20.3 Å². The van der Waals surface area contributed by atoms with Crippen molar-refractivity contribution >= 4 is 5.78 Å². The van der Waals surface area contributed by atoms with Crippen LogP contribution in [0.5, 0.6) is 0 Å². The molecule has 1 heterocycles. The van der Waals surface area contributed by atoms with Crippen LogP contribution >= 0.6 is 0 Å². The van der Waals surface area contributed by atoms with Crippen LogP contribution < -0.4 is 0 Å². The van der Waals surface area contributed by atoms with E-state index >= 15 is 0 Å². The molecular weight excluding hydrogens is 246 g/mol. The van der Waals surface area contributed by atoms with Crippen LogP contribution in [0.4, 0.5) is 0 Å². The molecule has 0 amide bonds. The molecule has 0 N–H and O–H groups in total. The Kier molecular flexibility index (Phi) is 2.71. The Morgan fingerprint density at radius 1 is 0.800 bits per heavy atom. The van der Waals surface area contributed by atoms with Crippen molar-refractivity contribution < 1.29 is 4.79 Å². The van der Waals surface area contributed by atoms with Crippen molar-refractivity contribution in [3.63, 3.8) is 0 Å². The van der Waals surface area contributed by atoms with Gasteiger partial charge in [0.25, 0.3) is 0 Å². The summed E-state index contributed by atoms with van der Waals surface area (Å²) >= 11 is 0. The minimum absolute atomic E-state index is 0.252. The molecule has 0 bridgehead atoms. The Hall–Kier alpha value is -1.93. The fraction of sp³-hybridized carbons (Fsp3) is 0.278. The maximum Gasteiger partial charge on any atom is 0.160 e.